The minimum absolute atomic E-state index is 0.761. The molecule has 1 saturated heterocycles. The van der Waals surface area contributed by atoms with Crippen LogP contribution in [0.2, 0.25) is 0 Å². The summed E-state index contributed by atoms with van der Waals surface area (Å²) in [5.74, 6) is 1.63. The zero-order valence-corrected chi connectivity index (χ0v) is 12.2. The van der Waals surface area contributed by atoms with E-state index in [1.165, 1.54) is 32.5 Å². The Bertz CT molecular complexity index is 208. The molecule has 0 atom stereocenters. The van der Waals surface area contributed by atoms with Gasteiger partial charge in [0.25, 0.3) is 0 Å². The molecule has 0 spiro atoms. The van der Waals surface area contributed by atoms with Gasteiger partial charge in [-0.1, -0.05) is 36.4 Å². The van der Waals surface area contributed by atoms with E-state index in [4.69, 9.17) is 0 Å². The third-order valence-corrected chi connectivity index (χ3v) is 3.34. The summed E-state index contributed by atoms with van der Waals surface area (Å²) in [4.78, 5) is 2.48. The molecule has 16 heavy (non-hydrogen) atoms. The first-order valence-electron chi connectivity index (χ1n) is 6.34. The summed E-state index contributed by atoms with van der Waals surface area (Å²) in [6.45, 7) is 14.2. The molecule has 0 saturated carbocycles. The van der Waals surface area contributed by atoms with Crippen molar-refractivity contribution in [1.82, 2.24) is 10.2 Å². The summed E-state index contributed by atoms with van der Waals surface area (Å²) in [6.07, 6.45) is 2.65. The second kappa shape index (κ2) is 7.46. The molecule has 0 aromatic carbocycles. The number of hydrogen-bond donors (Lipinski definition) is 1. The van der Waals surface area contributed by atoms with Crippen LogP contribution in [-0.2, 0) is 0 Å². The van der Waals surface area contributed by atoms with Gasteiger partial charge in [0, 0.05) is 11.0 Å². The van der Waals surface area contributed by atoms with E-state index in [0.29, 0.717) is 0 Å². The highest BCUT2D eigenvalue weighted by Crippen LogP contribution is 2.18. The molecule has 0 bridgehead atoms. The van der Waals surface area contributed by atoms with Gasteiger partial charge >= 0.3 is 0 Å². The fourth-order valence-electron chi connectivity index (χ4n) is 2.17. The van der Waals surface area contributed by atoms with Gasteiger partial charge in [0.05, 0.1) is 0 Å². The van der Waals surface area contributed by atoms with Gasteiger partial charge in [-0.15, -0.1) is 0 Å². The maximum atomic E-state index is 3.90. The zero-order chi connectivity index (χ0) is 12.0. The van der Waals surface area contributed by atoms with E-state index in [2.05, 4.69) is 46.6 Å². The zero-order valence-electron chi connectivity index (χ0n) is 10.6. The quantitative estimate of drug-likeness (QED) is 0.809. The van der Waals surface area contributed by atoms with Gasteiger partial charge in [0.2, 0.25) is 0 Å². The number of halogens is 1. The summed E-state index contributed by atoms with van der Waals surface area (Å²) >= 11 is 3.43. The fraction of sp³-hybridized carbons (Fsp3) is 0.846. The van der Waals surface area contributed by atoms with Crippen LogP contribution in [0, 0.1) is 11.8 Å². The monoisotopic (exact) mass is 288 g/mol. The summed E-state index contributed by atoms with van der Waals surface area (Å²) in [7, 11) is 0. The first-order valence-corrected chi connectivity index (χ1v) is 7.13. The second-order valence-corrected chi connectivity index (χ2v) is 6.41. The molecular weight excluding hydrogens is 264 g/mol. The lowest BCUT2D eigenvalue weighted by molar-refractivity contribution is 0.197. The second-order valence-electron chi connectivity index (χ2n) is 5.29. The number of rotatable bonds is 6. The largest absolute Gasteiger partial charge is 0.316 e. The van der Waals surface area contributed by atoms with E-state index in [9.17, 15) is 0 Å². The smallest absolute Gasteiger partial charge is 0.0293 e. The Labute approximate surface area is 109 Å². The van der Waals surface area contributed by atoms with Crippen molar-refractivity contribution < 1.29 is 0 Å². The van der Waals surface area contributed by atoms with E-state index in [-0.39, 0.29) is 0 Å². The van der Waals surface area contributed by atoms with E-state index in [0.717, 1.165) is 29.4 Å². The molecule has 0 aliphatic carbocycles. The van der Waals surface area contributed by atoms with Crippen molar-refractivity contribution in [2.75, 3.05) is 32.7 Å². The maximum absolute atomic E-state index is 3.90. The third kappa shape index (κ3) is 6.02. The lowest BCUT2D eigenvalue weighted by Gasteiger charge is -2.32. The molecule has 1 heterocycles. The van der Waals surface area contributed by atoms with Crippen molar-refractivity contribution in [1.29, 1.82) is 0 Å². The van der Waals surface area contributed by atoms with Crippen molar-refractivity contribution in [3.8, 4) is 0 Å². The Morgan fingerprint density at radius 1 is 1.44 bits per heavy atom. The topological polar surface area (TPSA) is 15.3 Å². The molecule has 1 aliphatic rings. The summed E-state index contributed by atoms with van der Waals surface area (Å²) in [6, 6.07) is 0. The van der Waals surface area contributed by atoms with Crippen LogP contribution in [0.1, 0.15) is 26.7 Å². The maximum Gasteiger partial charge on any atom is 0.0293 e. The van der Waals surface area contributed by atoms with Gasteiger partial charge in [0.15, 0.2) is 0 Å². The van der Waals surface area contributed by atoms with Gasteiger partial charge in [0.1, 0.15) is 0 Å². The molecule has 2 nitrogen and oxygen atoms in total. The van der Waals surface area contributed by atoms with E-state index >= 15 is 0 Å². The van der Waals surface area contributed by atoms with Crippen LogP contribution in [0.15, 0.2) is 11.1 Å². The number of nitrogens with zero attached hydrogens (tertiary/aromatic N) is 1. The van der Waals surface area contributed by atoms with Crippen molar-refractivity contribution in [3.63, 3.8) is 0 Å². The van der Waals surface area contributed by atoms with Crippen LogP contribution in [0.3, 0.4) is 0 Å². The van der Waals surface area contributed by atoms with Gasteiger partial charge in [-0.05, 0) is 50.9 Å². The lowest BCUT2D eigenvalue weighted by Crippen LogP contribution is -2.38. The molecule has 0 aromatic heterocycles. The molecule has 1 aliphatic heterocycles. The van der Waals surface area contributed by atoms with E-state index in [1.807, 2.05) is 0 Å². The van der Waals surface area contributed by atoms with Crippen molar-refractivity contribution in [2.45, 2.75) is 26.7 Å². The predicted molar refractivity (Wildman–Crippen MR) is 74.9 cm³/mol. The van der Waals surface area contributed by atoms with Gasteiger partial charge in [-0.3, -0.25) is 4.90 Å². The SMILES string of the molecule is C=C(Br)CN1CCC(CNCC(C)C)CC1. The molecule has 0 radical (unpaired) electrons. The first-order chi connectivity index (χ1) is 7.58. The predicted octanol–water partition coefficient (Wildman–Crippen LogP) is 2.85. The van der Waals surface area contributed by atoms with Crippen LogP contribution in [0.4, 0.5) is 0 Å². The molecule has 1 rings (SSSR count). The number of piperidine rings is 1. The Kier molecular flexibility index (Phi) is 6.62. The highest BCUT2D eigenvalue weighted by Gasteiger charge is 2.18. The molecule has 0 aromatic rings. The third-order valence-electron chi connectivity index (χ3n) is 3.09. The van der Waals surface area contributed by atoms with Crippen LogP contribution in [0.25, 0.3) is 0 Å². The van der Waals surface area contributed by atoms with Crippen LogP contribution in [-0.4, -0.2) is 37.6 Å². The van der Waals surface area contributed by atoms with Gasteiger partial charge in [-0.25, -0.2) is 0 Å². The molecule has 1 fully saturated rings. The van der Waals surface area contributed by atoms with Crippen LogP contribution < -0.4 is 5.32 Å². The Hall–Kier alpha value is 0.140. The van der Waals surface area contributed by atoms with Crippen LogP contribution in [0.5, 0.6) is 0 Å². The molecule has 94 valence electrons. The molecule has 0 unspecified atom stereocenters. The number of nitrogens with one attached hydrogen (secondary N) is 1. The standard InChI is InChI=1S/C13H25BrN2/c1-11(2)8-15-9-13-4-6-16(7-5-13)10-12(3)14/h11,13,15H,3-10H2,1-2H3. The van der Waals surface area contributed by atoms with E-state index in [1.54, 1.807) is 0 Å². The fourth-order valence-corrected chi connectivity index (χ4v) is 2.52. The minimum Gasteiger partial charge on any atom is -0.316 e. The summed E-state index contributed by atoms with van der Waals surface area (Å²) in [5, 5.41) is 3.56. The summed E-state index contributed by atoms with van der Waals surface area (Å²) in [5.41, 5.74) is 0. The van der Waals surface area contributed by atoms with Crippen LogP contribution >= 0.6 is 15.9 Å². The van der Waals surface area contributed by atoms with Crippen molar-refractivity contribution in [3.05, 3.63) is 11.1 Å². The average molecular weight is 289 g/mol. The summed E-state index contributed by atoms with van der Waals surface area (Å²) < 4.78 is 1.10. The molecule has 1 N–H and O–H groups in total. The van der Waals surface area contributed by atoms with Crippen molar-refractivity contribution >= 4 is 15.9 Å². The van der Waals surface area contributed by atoms with Gasteiger partial charge in [-0.2, -0.15) is 0 Å². The highest BCUT2D eigenvalue weighted by atomic mass is 79.9. The Morgan fingerprint density at radius 2 is 2.06 bits per heavy atom. The molecule has 0 amide bonds. The number of likely N-dealkylation sites (tertiary alicyclic amines) is 1. The van der Waals surface area contributed by atoms with Gasteiger partial charge < -0.3 is 5.32 Å². The number of hydrogen-bond acceptors (Lipinski definition) is 2. The Balaban J connectivity index is 2.10. The molecular formula is C13H25BrN2. The van der Waals surface area contributed by atoms with Crippen molar-refractivity contribution in [2.24, 2.45) is 11.8 Å². The lowest BCUT2D eigenvalue weighted by atomic mass is 9.96. The Morgan fingerprint density at radius 3 is 2.56 bits per heavy atom. The first kappa shape index (κ1) is 14.2. The van der Waals surface area contributed by atoms with E-state index < -0.39 is 0 Å². The minimum atomic E-state index is 0.761. The molecule has 3 heteroatoms. The normalized spacial score (nSPS) is 19.2. The highest BCUT2D eigenvalue weighted by molar-refractivity contribution is 9.11. The average Bonchev–Trinajstić information content (AvgIpc) is 2.19.